The van der Waals surface area contributed by atoms with Gasteiger partial charge in [-0.25, -0.2) is 4.98 Å². The van der Waals surface area contributed by atoms with Gasteiger partial charge < -0.3 is 4.90 Å². The van der Waals surface area contributed by atoms with Crippen molar-refractivity contribution in [2.75, 3.05) is 13.1 Å². The van der Waals surface area contributed by atoms with Gasteiger partial charge in [0, 0.05) is 23.4 Å². The zero-order chi connectivity index (χ0) is 17.9. The SMILES string of the molecule is Cc1ccc(Sc2cc(C(=O)N3CCCCC3)c3ccccc3n2)cc1. The van der Waals surface area contributed by atoms with Crippen LogP contribution in [0.2, 0.25) is 0 Å². The molecule has 1 aromatic heterocycles. The minimum Gasteiger partial charge on any atom is -0.339 e. The second kappa shape index (κ2) is 7.50. The highest BCUT2D eigenvalue weighted by molar-refractivity contribution is 7.99. The van der Waals surface area contributed by atoms with E-state index in [0.717, 1.165) is 52.3 Å². The fourth-order valence-corrected chi connectivity index (χ4v) is 4.21. The van der Waals surface area contributed by atoms with Gasteiger partial charge in [-0.1, -0.05) is 47.7 Å². The Morgan fingerprint density at radius 2 is 1.73 bits per heavy atom. The third-order valence-corrected chi connectivity index (χ3v) is 5.74. The Bertz CT molecular complexity index is 931. The quantitative estimate of drug-likeness (QED) is 0.632. The van der Waals surface area contributed by atoms with E-state index in [2.05, 4.69) is 31.2 Å². The van der Waals surface area contributed by atoms with Crippen LogP contribution in [-0.2, 0) is 0 Å². The van der Waals surface area contributed by atoms with Crippen molar-refractivity contribution in [1.29, 1.82) is 0 Å². The van der Waals surface area contributed by atoms with Crippen LogP contribution in [0.3, 0.4) is 0 Å². The number of amides is 1. The summed E-state index contributed by atoms with van der Waals surface area (Å²) in [5, 5.41) is 1.81. The van der Waals surface area contributed by atoms with Crippen LogP contribution in [0.4, 0.5) is 0 Å². The van der Waals surface area contributed by atoms with Crippen molar-refractivity contribution < 1.29 is 4.79 Å². The van der Waals surface area contributed by atoms with Crippen LogP contribution in [0.15, 0.2) is 64.5 Å². The lowest BCUT2D eigenvalue weighted by Crippen LogP contribution is -2.35. The molecule has 1 saturated heterocycles. The van der Waals surface area contributed by atoms with Crippen LogP contribution < -0.4 is 0 Å². The molecule has 1 aliphatic heterocycles. The number of piperidine rings is 1. The van der Waals surface area contributed by atoms with E-state index in [1.807, 2.05) is 35.2 Å². The summed E-state index contributed by atoms with van der Waals surface area (Å²) in [4.78, 5) is 21.1. The summed E-state index contributed by atoms with van der Waals surface area (Å²) in [7, 11) is 0. The monoisotopic (exact) mass is 362 g/mol. The second-order valence-electron chi connectivity index (χ2n) is 6.79. The van der Waals surface area contributed by atoms with E-state index in [0.29, 0.717) is 0 Å². The molecule has 0 aliphatic carbocycles. The van der Waals surface area contributed by atoms with Crippen molar-refractivity contribution in [3.63, 3.8) is 0 Å². The minimum atomic E-state index is 0.133. The molecule has 0 radical (unpaired) electrons. The smallest absolute Gasteiger partial charge is 0.254 e. The van der Waals surface area contributed by atoms with Crippen molar-refractivity contribution >= 4 is 28.6 Å². The molecule has 1 fully saturated rings. The van der Waals surface area contributed by atoms with Crippen LogP contribution in [0.1, 0.15) is 35.2 Å². The molecular formula is C22H22N2OS. The molecule has 2 heterocycles. The van der Waals surface area contributed by atoms with Crippen molar-refractivity contribution in [2.45, 2.75) is 36.1 Å². The fraction of sp³-hybridized carbons (Fsp3) is 0.273. The van der Waals surface area contributed by atoms with Gasteiger partial charge in [-0.2, -0.15) is 0 Å². The third-order valence-electron chi connectivity index (χ3n) is 4.81. The molecule has 0 atom stereocenters. The lowest BCUT2D eigenvalue weighted by Gasteiger charge is -2.27. The predicted molar refractivity (Wildman–Crippen MR) is 107 cm³/mol. The summed E-state index contributed by atoms with van der Waals surface area (Å²) in [6.45, 7) is 3.80. The molecule has 3 aromatic rings. The topological polar surface area (TPSA) is 33.2 Å². The minimum absolute atomic E-state index is 0.133. The highest BCUT2D eigenvalue weighted by atomic mass is 32.2. The highest BCUT2D eigenvalue weighted by Gasteiger charge is 2.21. The number of nitrogens with zero attached hydrogens (tertiary/aromatic N) is 2. The van der Waals surface area contributed by atoms with Crippen LogP contribution in [-0.4, -0.2) is 28.9 Å². The fourth-order valence-electron chi connectivity index (χ4n) is 3.37. The molecule has 0 unspecified atom stereocenters. The second-order valence-corrected chi connectivity index (χ2v) is 7.89. The number of rotatable bonds is 3. The number of carbonyl (C=O) groups excluding carboxylic acids is 1. The number of aryl methyl sites for hydroxylation is 1. The Hall–Kier alpha value is -2.33. The molecule has 132 valence electrons. The van der Waals surface area contributed by atoms with Gasteiger partial charge >= 0.3 is 0 Å². The largest absolute Gasteiger partial charge is 0.339 e. The molecule has 4 rings (SSSR count). The molecule has 0 bridgehead atoms. The van der Waals surface area contributed by atoms with E-state index in [1.54, 1.807) is 11.8 Å². The van der Waals surface area contributed by atoms with E-state index in [4.69, 9.17) is 4.98 Å². The van der Waals surface area contributed by atoms with Crippen molar-refractivity contribution in [3.8, 4) is 0 Å². The summed E-state index contributed by atoms with van der Waals surface area (Å²) >= 11 is 1.61. The maximum absolute atomic E-state index is 13.2. The number of aromatic nitrogens is 1. The van der Waals surface area contributed by atoms with Crippen LogP contribution in [0.25, 0.3) is 10.9 Å². The number of hydrogen-bond donors (Lipinski definition) is 0. The van der Waals surface area contributed by atoms with Gasteiger partial charge in [-0.05, 0) is 50.5 Å². The first-order valence-corrected chi connectivity index (χ1v) is 9.96. The number of likely N-dealkylation sites (tertiary alicyclic amines) is 1. The number of pyridine rings is 1. The summed E-state index contributed by atoms with van der Waals surface area (Å²) in [5.74, 6) is 0.133. The Labute approximate surface area is 158 Å². The van der Waals surface area contributed by atoms with Crippen molar-refractivity contribution in [3.05, 3.63) is 65.7 Å². The molecule has 26 heavy (non-hydrogen) atoms. The summed E-state index contributed by atoms with van der Waals surface area (Å²) in [6.07, 6.45) is 3.41. The van der Waals surface area contributed by atoms with Gasteiger partial charge in [0.1, 0.15) is 5.03 Å². The first kappa shape index (κ1) is 17.1. The Morgan fingerprint density at radius 1 is 1.00 bits per heavy atom. The molecule has 1 amide bonds. The molecule has 3 nitrogen and oxygen atoms in total. The van der Waals surface area contributed by atoms with Crippen LogP contribution in [0, 0.1) is 6.92 Å². The molecule has 0 saturated carbocycles. The Morgan fingerprint density at radius 3 is 2.50 bits per heavy atom. The summed E-state index contributed by atoms with van der Waals surface area (Å²) < 4.78 is 0. The number of para-hydroxylation sites is 1. The number of hydrogen-bond acceptors (Lipinski definition) is 3. The molecular weight excluding hydrogens is 340 g/mol. The van der Waals surface area contributed by atoms with Gasteiger partial charge in [0.25, 0.3) is 5.91 Å². The molecule has 2 aromatic carbocycles. The van der Waals surface area contributed by atoms with Gasteiger partial charge in [0.05, 0.1) is 11.1 Å². The van der Waals surface area contributed by atoms with Gasteiger partial charge in [0.2, 0.25) is 0 Å². The lowest BCUT2D eigenvalue weighted by atomic mass is 10.1. The normalized spacial score (nSPS) is 14.6. The van der Waals surface area contributed by atoms with Crippen LogP contribution >= 0.6 is 11.8 Å². The number of fused-ring (bicyclic) bond motifs is 1. The summed E-state index contributed by atoms with van der Waals surface area (Å²) in [5.41, 5.74) is 2.89. The predicted octanol–water partition coefficient (Wildman–Crippen LogP) is 5.32. The van der Waals surface area contributed by atoms with Crippen molar-refractivity contribution in [2.24, 2.45) is 0 Å². The summed E-state index contributed by atoms with van der Waals surface area (Å²) in [6, 6.07) is 18.3. The number of benzene rings is 2. The first-order valence-electron chi connectivity index (χ1n) is 9.14. The van der Waals surface area contributed by atoms with E-state index in [9.17, 15) is 4.79 Å². The van der Waals surface area contributed by atoms with Crippen LogP contribution in [0.5, 0.6) is 0 Å². The zero-order valence-electron chi connectivity index (χ0n) is 14.9. The highest BCUT2D eigenvalue weighted by Crippen LogP contribution is 2.30. The maximum atomic E-state index is 13.2. The Balaban J connectivity index is 1.72. The van der Waals surface area contributed by atoms with E-state index in [-0.39, 0.29) is 5.91 Å². The zero-order valence-corrected chi connectivity index (χ0v) is 15.8. The number of carbonyl (C=O) groups is 1. The van der Waals surface area contributed by atoms with E-state index in [1.165, 1.54) is 12.0 Å². The molecule has 1 aliphatic rings. The average molecular weight is 362 g/mol. The third kappa shape index (κ3) is 3.61. The standard InChI is InChI=1S/C22H22N2OS/c1-16-9-11-17(12-10-16)26-21-15-19(18-7-3-4-8-20(18)23-21)22(25)24-13-5-2-6-14-24/h3-4,7-12,15H,2,5-6,13-14H2,1H3. The molecule has 0 spiro atoms. The maximum Gasteiger partial charge on any atom is 0.254 e. The van der Waals surface area contributed by atoms with Gasteiger partial charge in [0.15, 0.2) is 0 Å². The van der Waals surface area contributed by atoms with Gasteiger partial charge in [-0.3, -0.25) is 4.79 Å². The Kier molecular flexibility index (Phi) is 4.93. The van der Waals surface area contributed by atoms with E-state index < -0.39 is 0 Å². The lowest BCUT2D eigenvalue weighted by molar-refractivity contribution is 0.0726. The first-order chi connectivity index (χ1) is 12.7. The average Bonchev–Trinajstić information content (AvgIpc) is 2.69. The van der Waals surface area contributed by atoms with E-state index >= 15 is 0 Å². The molecule has 4 heteroatoms. The van der Waals surface area contributed by atoms with Crippen molar-refractivity contribution in [1.82, 2.24) is 9.88 Å². The van der Waals surface area contributed by atoms with Gasteiger partial charge in [-0.15, -0.1) is 0 Å². The molecule has 0 N–H and O–H groups in total.